The van der Waals surface area contributed by atoms with E-state index in [0.29, 0.717) is 0 Å². The van der Waals surface area contributed by atoms with Crippen molar-refractivity contribution >= 4 is 21.7 Å². The molecule has 1 atom stereocenters. The number of nitro benzene ring substituents is 1. The van der Waals surface area contributed by atoms with Crippen molar-refractivity contribution in [2.24, 2.45) is 0 Å². The first-order valence-corrected chi connectivity index (χ1v) is 7.20. The monoisotopic (exact) mass is 302 g/mol. The molecule has 0 aliphatic carbocycles. The van der Waals surface area contributed by atoms with Gasteiger partial charge in [-0.25, -0.2) is 13.1 Å². The number of nitrogens with one attached hydrogen (secondary N) is 1. The molecular weight excluding hydrogens is 288 g/mol. The lowest BCUT2D eigenvalue weighted by Gasteiger charge is -2.13. The zero-order valence-electron chi connectivity index (χ0n) is 10.6. The number of sulfonamides is 1. The van der Waals surface area contributed by atoms with E-state index in [4.69, 9.17) is 5.11 Å². The van der Waals surface area contributed by atoms with Crippen molar-refractivity contribution in [1.82, 2.24) is 4.72 Å². The SMILES string of the molecule is CC(CCC(=O)O)NS(=O)(=O)c1ccccc1[N+](=O)[O-]. The van der Waals surface area contributed by atoms with Gasteiger partial charge in [0.15, 0.2) is 4.90 Å². The number of carboxylic acid groups (broad SMARTS) is 1. The Morgan fingerprint density at radius 1 is 1.45 bits per heavy atom. The molecule has 110 valence electrons. The van der Waals surface area contributed by atoms with Crippen LogP contribution >= 0.6 is 0 Å². The Kier molecular flexibility index (Phi) is 5.17. The predicted octanol–water partition coefficient (Wildman–Crippen LogP) is 1.13. The number of carbonyl (C=O) groups is 1. The van der Waals surface area contributed by atoms with Gasteiger partial charge in [-0.3, -0.25) is 14.9 Å². The minimum Gasteiger partial charge on any atom is -0.481 e. The average molecular weight is 302 g/mol. The van der Waals surface area contributed by atoms with Crippen molar-refractivity contribution in [3.8, 4) is 0 Å². The molecule has 0 aliphatic heterocycles. The van der Waals surface area contributed by atoms with E-state index in [1.165, 1.54) is 19.1 Å². The van der Waals surface area contributed by atoms with Crippen LogP contribution in [0.25, 0.3) is 0 Å². The van der Waals surface area contributed by atoms with Crippen molar-refractivity contribution in [2.45, 2.75) is 30.7 Å². The number of benzene rings is 1. The molecule has 20 heavy (non-hydrogen) atoms. The fourth-order valence-corrected chi connectivity index (χ4v) is 3.01. The molecule has 0 fully saturated rings. The number of carboxylic acids is 1. The van der Waals surface area contributed by atoms with Gasteiger partial charge in [0.05, 0.1) is 4.92 Å². The van der Waals surface area contributed by atoms with E-state index in [9.17, 15) is 23.3 Å². The lowest BCUT2D eigenvalue weighted by Crippen LogP contribution is -2.33. The molecule has 0 bridgehead atoms. The second kappa shape index (κ2) is 6.44. The maximum atomic E-state index is 12.0. The van der Waals surface area contributed by atoms with Crippen LogP contribution in [0.2, 0.25) is 0 Å². The number of hydrogen-bond donors (Lipinski definition) is 2. The van der Waals surface area contributed by atoms with Crippen molar-refractivity contribution in [1.29, 1.82) is 0 Å². The van der Waals surface area contributed by atoms with Crippen LogP contribution in [0.1, 0.15) is 19.8 Å². The summed E-state index contributed by atoms with van der Waals surface area (Å²) >= 11 is 0. The molecule has 0 aromatic heterocycles. The standard InChI is InChI=1S/C11H14N2O6S/c1-8(6-7-11(14)15)12-20(18,19)10-5-3-2-4-9(10)13(16)17/h2-5,8,12H,6-7H2,1H3,(H,14,15). The second-order valence-corrected chi connectivity index (χ2v) is 5.86. The Morgan fingerprint density at radius 2 is 2.05 bits per heavy atom. The molecule has 9 heteroatoms. The Morgan fingerprint density at radius 3 is 2.60 bits per heavy atom. The third-order valence-electron chi connectivity index (χ3n) is 2.50. The normalized spacial score (nSPS) is 12.8. The van der Waals surface area contributed by atoms with Gasteiger partial charge in [0.1, 0.15) is 0 Å². The van der Waals surface area contributed by atoms with Gasteiger partial charge in [-0.2, -0.15) is 0 Å². The zero-order valence-corrected chi connectivity index (χ0v) is 11.5. The Bertz CT molecular complexity index is 613. The lowest BCUT2D eigenvalue weighted by atomic mass is 10.2. The fourth-order valence-electron chi connectivity index (χ4n) is 1.56. The van der Waals surface area contributed by atoms with Crippen molar-refractivity contribution < 1.29 is 23.2 Å². The molecule has 0 saturated carbocycles. The van der Waals surface area contributed by atoms with Gasteiger partial charge in [0, 0.05) is 18.5 Å². The maximum Gasteiger partial charge on any atom is 0.303 e. The van der Waals surface area contributed by atoms with Gasteiger partial charge in [0.25, 0.3) is 5.69 Å². The van der Waals surface area contributed by atoms with Gasteiger partial charge in [0.2, 0.25) is 10.0 Å². The summed E-state index contributed by atoms with van der Waals surface area (Å²) in [5, 5.41) is 19.3. The number of para-hydroxylation sites is 1. The summed E-state index contributed by atoms with van der Waals surface area (Å²) in [5.41, 5.74) is -0.523. The fraction of sp³-hybridized carbons (Fsp3) is 0.364. The molecule has 1 aromatic carbocycles. The zero-order chi connectivity index (χ0) is 15.3. The molecule has 0 amide bonds. The number of aliphatic carboxylic acids is 1. The van der Waals surface area contributed by atoms with Gasteiger partial charge in [-0.05, 0) is 19.4 Å². The van der Waals surface area contributed by atoms with Crippen LogP contribution < -0.4 is 4.72 Å². The summed E-state index contributed by atoms with van der Waals surface area (Å²) in [6.07, 6.45) is -0.101. The molecule has 8 nitrogen and oxygen atoms in total. The number of hydrogen-bond acceptors (Lipinski definition) is 5. The van der Waals surface area contributed by atoms with Gasteiger partial charge in [-0.1, -0.05) is 12.1 Å². The molecule has 0 aliphatic rings. The summed E-state index contributed by atoms with van der Waals surface area (Å²) in [7, 11) is -4.07. The quantitative estimate of drug-likeness (QED) is 0.574. The number of rotatable bonds is 7. The smallest absolute Gasteiger partial charge is 0.303 e. The average Bonchev–Trinajstić information content (AvgIpc) is 2.36. The van der Waals surface area contributed by atoms with Crippen LogP contribution in [-0.2, 0) is 14.8 Å². The van der Waals surface area contributed by atoms with E-state index in [1.54, 1.807) is 0 Å². The van der Waals surface area contributed by atoms with E-state index >= 15 is 0 Å². The Balaban J connectivity index is 2.94. The molecule has 0 heterocycles. The Labute approximate surface area is 115 Å². The highest BCUT2D eigenvalue weighted by atomic mass is 32.2. The summed E-state index contributed by atoms with van der Waals surface area (Å²) in [6, 6.07) is 4.32. The van der Waals surface area contributed by atoms with Crippen LogP contribution in [0.3, 0.4) is 0 Å². The summed E-state index contributed by atoms with van der Waals surface area (Å²) in [5.74, 6) is -1.04. The van der Waals surface area contributed by atoms with E-state index in [1.807, 2.05) is 0 Å². The second-order valence-electron chi connectivity index (χ2n) is 4.18. The molecule has 1 rings (SSSR count). The van der Waals surface area contributed by atoms with Gasteiger partial charge in [-0.15, -0.1) is 0 Å². The number of nitrogens with zero attached hydrogens (tertiary/aromatic N) is 1. The molecule has 0 spiro atoms. The highest BCUT2D eigenvalue weighted by molar-refractivity contribution is 7.89. The van der Waals surface area contributed by atoms with Gasteiger partial charge >= 0.3 is 5.97 Å². The molecule has 2 N–H and O–H groups in total. The first-order valence-electron chi connectivity index (χ1n) is 5.71. The topological polar surface area (TPSA) is 127 Å². The van der Waals surface area contributed by atoms with Crippen molar-refractivity contribution in [2.75, 3.05) is 0 Å². The van der Waals surface area contributed by atoms with Crippen LogP contribution in [0, 0.1) is 10.1 Å². The summed E-state index contributed by atoms with van der Waals surface area (Å²) in [6.45, 7) is 1.50. The van der Waals surface area contributed by atoms with E-state index in [0.717, 1.165) is 12.1 Å². The molecule has 0 saturated heterocycles. The highest BCUT2D eigenvalue weighted by Gasteiger charge is 2.26. The van der Waals surface area contributed by atoms with Crippen LogP contribution in [-0.4, -0.2) is 30.5 Å². The lowest BCUT2D eigenvalue weighted by molar-refractivity contribution is -0.387. The summed E-state index contributed by atoms with van der Waals surface area (Å²) < 4.78 is 26.3. The minimum absolute atomic E-state index is 0.0925. The molecule has 1 unspecified atom stereocenters. The van der Waals surface area contributed by atoms with Crippen LogP contribution in [0.5, 0.6) is 0 Å². The van der Waals surface area contributed by atoms with Crippen LogP contribution in [0.15, 0.2) is 29.2 Å². The molecule has 0 radical (unpaired) electrons. The van der Waals surface area contributed by atoms with Crippen molar-refractivity contribution in [3.05, 3.63) is 34.4 Å². The Hall–Kier alpha value is -2.00. The third kappa shape index (κ3) is 4.28. The van der Waals surface area contributed by atoms with E-state index < -0.39 is 37.5 Å². The predicted molar refractivity (Wildman–Crippen MR) is 69.7 cm³/mol. The van der Waals surface area contributed by atoms with Gasteiger partial charge < -0.3 is 5.11 Å². The first-order chi connectivity index (χ1) is 9.24. The molecule has 1 aromatic rings. The summed E-state index contributed by atoms with van der Waals surface area (Å²) in [4.78, 5) is 20.0. The maximum absolute atomic E-state index is 12.0. The highest BCUT2D eigenvalue weighted by Crippen LogP contribution is 2.23. The first kappa shape index (κ1) is 16.1. The van der Waals surface area contributed by atoms with E-state index in [2.05, 4.69) is 4.72 Å². The van der Waals surface area contributed by atoms with Crippen molar-refractivity contribution in [3.63, 3.8) is 0 Å². The van der Waals surface area contributed by atoms with E-state index in [-0.39, 0.29) is 12.8 Å². The molecular formula is C11H14N2O6S. The number of nitro groups is 1. The van der Waals surface area contributed by atoms with Crippen LogP contribution in [0.4, 0.5) is 5.69 Å². The third-order valence-corrected chi connectivity index (χ3v) is 4.14. The minimum atomic E-state index is -4.07. The largest absolute Gasteiger partial charge is 0.481 e.